The Bertz CT molecular complexity index is 403. The monoisotopic (exact) mass is 374 g/mol. The van der Waals surface area contributed by atoms with Gasteiger partial charge in [-0.3, -0.25) is 4.79 Å². The van der Waals surface area contributed by atoms with Gasteiger partial charge in [0.25, 0.3) is 0 Å². The Morgan fingerprint density at radius 1 is 1.00 bits per heavy atom. The highest BCUT2D eigenvalue weighted by Gasteiger charge is 2.26. The third-order valence-corrected chi connectivity index (χ3v) is 5.26. The van der Waals surface area contributed by atoms with Gasteiger partial charge in [-0.1, -0.05) is 25.7 Å². The molecule has 6 nitrogen and oxygen atoms in total. The quantitative estimate of drug-likeness (QED) is 0.570. The zero-order valence-electron chi connectivity index (χ0n) is 15.3. The van der Waals surface area contributed by atoms with Gasteiger partial charge in [-0.05, 0) is 38.5 Å². The van der Waals surface area contributed by atoms with E-state index in [1.165, 1.54) is 19.3 Å². The SMILES string of the molecule is Cl.NCC1CCCN1C(=O)CCCCCNC(=O)NC1CCCCC1. The molecular formula is C18H35ClN4O2. The molecule has 0 aromatic rings. The number of nitrogens with one attached hydrogen (secondary N) is 2. The second-order valence-electron chi connectivity index (χ2n) is 7.16. The topological polar surface area (TPSA) is 87.5 Å². The van der Waals surface area contributed by atoms with Crippen molar-refractivity contribution in [3.63, 3.8) is 0 Å². The number of nitrogens with zero attached hydrogens (tertiary/aromatic N) is 1. The van der Waals surface area contributed by atoms with Gasteiger partial charge in [0.2, 0.25) is 5.91 Å². The van der Waals surface area contributed by atoms with Gasteiger partial charge in [0.05, 0.1) is 0 Å². The molecule has 25 heavy (non-hydrogen) atoms. The number of urea groups is 1. The Hall–Kier alpha value is -1.01. The molecule has 0 radical (unpaired) electrons. The van der Waals surface area contributed by atoms with Crippen molar-refractivity contribution < 1.29 is 9.59 Å². The van der Waals surface area contributed by atoms with Gasteiger partial charge in [-0.15, -0.1) is 12.4 Å². The summed E-state index contributed by atoms with van der Waals surface area (Å²) in [7, 11) is 0. The van der Waals surface area contributed by atoms with Crippen molar-refractivity contribution in [2.45, 2.75) is 82.7 Å². The van der Waals surface area contributed by atoms with Crippen molar-refractivity contribution in [1.29, 1.82) is 0 Å². The van der Waals surface area contributed by atoms with Gasteiger partial charge in [-0.25, -0.2) is 4.79 Å². The number of rotatable bonds is 8. The van der Waals surface area contributed by atoms with Crippen LogP contribution in [0.15, 0.2) is 0 Å². The lowest BCUT2D eigenvalue weighted by Gasteiger charge is -2.23. The van der Waals surface area contributed by atoms with Crippen LogP contribution in [0.3, 0.4) is 0 Å². The largest absolute Gasteiger partial charge is 0.338 e. The van der Waals surface area contributed by atoms with Crippen LogP contribution in [0.4, 0.5) is 4.79 Å². The van der Waals surface area contributed by atoms with E-state index in [-0.39, 0.29) is 30.4 Å². The molecule has 1 atom stereocenters. The van der Waals surface area contributed by atoms with Gasteiger partial charge >= 0.3 is 6.03 Å². The zero-order valence-corrected chi connectivity index (χ0v) is 16.1. The molecule has 146 valence electrons. The van der Waals surface area contributed by atoms with Crippen LogP contribution in [0.5, 0.6) is 0 Å². The summed E-state index contributed by atoms with van der Waals surface area (Å²) in [4.78, 5) is 25.9. The number of halogens is 1. The van der Waals surface area contributed by atoms with E-state index < -0.39 is 0 Å². The molecule has 1 saturated carbocycles. The van der Waals surface area contributed by atoms with Gasteiger partial charge in [-0.2, -0.15) is 0 Å². The van der Waals surface area contributed by atoms with Crippen LogP contribution in [0.25, 0.3) is 0 Å². The number of carbonyl (C=O) groups excluding carboxylic acids is 2. The molecule has 1 unspecified atom stereocenters. The number of amides is 3. The van der Waals surface area contributed by atoms with Crippen molar-refractivity contribution in [2.75, 3.05) is 19.6 Å². The average Bonchev–Trinajstić information content (AvgIpc) is 3.07. The minimum atomic E-state index is -0.0409. The molecule has 0 bridgehead atoms. The number of carbonyl (C=O) groups is 2. The first-order valence-electron chi connectivity index (χ1n) is 9.74. The molecule has 2 rings (SSSR count). The first-order valence-corrected chi connectivity index (χ1v) is 9.74. The van der Waals surface area contributed by atoms with Gasteiger partial charge in [0.1, 0.15) is 0 Å². The van der Waals surface area contributed by atoms with Crippen LogP contribution in [-0.4, -0.2) is 48.6 Å². The highest BCUT2D eigenvalue weighted by atomic mass is 35.5. The number of hydrogen-bond acceptors (Lipinski definition) is 3. The Morgan fingerprint density at radius 2 is 1.76 bits per heavy atom. The fourth-order valence-corrected chi connectivity index (χ4v) is 3.82. The summed E-state index contributed by atoms with van der Waals surface area (Å²) in [5.41, 5.74) is 5.71. The predicted molar refractivity (Wildman–Crippen MR) is 103 cm³/mol. The molecule has 1 aliphatic heterocycles. The molecule has 0 aromatic heterocycles. The molecule has 1 saturated heterocycles. The maximum Gasteiger partial charge on any atom is 0.315 e. The van der Waals surface area contributed by atoms with Crippen molar-refractivity contribution in [3.05, 3.63) is 0 Å². The van der Waals surface area contributed by atoms with Crippen LogP contribution in [-0.2, 0) is 4.79 Å². The fraction of sp³-hybridized carbons (Fsp3) is 0.889. The molecule has 0 spiro atoms. The average molecular weight is 375 g/mol. The molecule has 2 aliphatic rings. The van der Waals surface area contributed by atoms with E-state index in [2.05, 4.69) is 10.6 Å². The summed E-state index contributed by atoms with van der Waals surface area (Å²) in [6, 6.07) is 0.566. The fourth-order valence-electron chi connectivity index (χ4n) is 3.82. The van der Waals surface area contributed by atoms with E-state index in [0.29, 0.717) is 25.6 Å². The standard InChI is InChI=1S/C18H34N4O2.ClH/c19-14-16-10-7-13-22(16)17(23)11-5-2-6-12-20-18(24)21-15-8-3-1-4-9-15;/h15-16H,1-14,19H2,(H2,20,21,24);1H. The number of likely N-dealkylation sites (tertiary alicyclic amines) is 1. The molecule has 1 aliphatic carbocycles. The molecule has 3 amide bonds. The van der Waals surface area contributed by atoms with Crippen LogP contribution in [0.2, 0.25) is 0 Å². The van der Waals surface area contributed by atoms with E-state index in [1.54, 1.807) is 0 Å². The van der Waals surface area contributed by atoms with E-state index >= 15 is 0 Å². The van der Waals surface area contributed by atoms with Crippen molar-refractivity contribution in [3.8, 4) is 0 Å². The summed E-state index contributed by atoms with van der Waals surface area (Å²) >= 11 is 0. The minimum absolute atomic E-state index is 0. The Balaban J connectivity index is 0.00000312. The summed E-state index contributed by atoms with van der Waals surface area (Å²) < 4.78 is 0. The Kier molecular flexibility index (Phi) is 10.9. The lowest BCUT2D eigenvalue weighted by atomic mass is 9.96. The lowest BCUT2D eigenvalue weighted by Crippen LogP contribution is -2.43. The van der Waals surface area contributed by atoms with E-state index in [0.717, 1.165) is 51.5 Å². The Labute approximate surface area is 158 Å². The van der Waals surface area contributed by atoms with Crippen molar-refractivity contribution in [2.24, 2.45) is 5.73 Å². The smallest absolute Gasteiger partial charge is 0.315 e. The van der Waals surface area contributed by atoms with E-state index in [4.69, 9.17) is 5.73 Å². The van der Waals surface area contributed by atoms with Gasteiger partial charge in [0, 0.05) is 38.1 Å². The maximum absolute atomic E-state index is 12.2. The normalized spacial score (nSPS) is 20.8. The van der Waals surface area contributed by atoms with Crippen LogP contribution < -0.4 is 16.4 Å². The number of hydrogen-bond donors (Lipinski definition) is 3. The van der Waals surface area contributed by atoms with Gasteiger partial charge < -0.3 is 21.3 Å². The third kappa shape index (κ3) is 7.82. The van der Waals surface area contributed by atoms with E-state index in [1.807, 2.05) is 4.90 Å². The molecule has 4 N–H and O–H groups in total. The van der Waals surface area contributed by atoms with Crippen LogP contribution in [0.1, 0.15) is 70.6 Å². The minimum Gasteiger partial charge on any atom is -0.338 e. The van der Waals surface area contributed by atoms with Crippen LogP contribution >= 0.6 is 12.4 Å². The predicted octanol–water partition coefficient (Wildman–Crippen LogP) is 2.55. The van der Waals surface area contributed by atoms with Gasteiger partial charge in [0.15, 0.2) is 0 Å². The number of nitrogens with two attached hydrogens (primary N) is 1. The second-order valence-corrected chi connectivity index (χ2v) is 7.16. The first kappa shape index (κ1) is 22.0. The number of unbranched alkanes of at least 4 members (excludes halogenated alkanes) is 2. The zero-order chi connectivity index (χ0) is 17.2. The highest BCUT2D eigenvalue weighted by molar-refractivity contribution is 5.85. The molecule has 7 heteroatoms. The summed E-state index contributed by atoms with van der Waals surface area (Å²) in [6.45, 7) is 2.12. The summed E-state index contributed by atoms with van der Waals surface area (Å²) in [5.74, 6) is 0.242. The van der Waals surface area contributed by atoms with E-state index in [9.17, 15) is 9.59 Å². The first-order chi connectivity index (χ1) is 11.7. The summed E-state index contributed by atoms with van der Waals surface area (Å²) in [5, 5.41) is 5.98. The summed E-state index contributed by atoms with van der Waals surface area (Å²) in [6.07, 6.45) is 11.5. The Morgan fingerprint density at radius 3 is 2.48 bits per heavy atom. The third-order valence-electron chi connectivity index (χ3n) is 5.26. The highest BCUT2D eigenvalue weighted by Crippen LogP contribution is 2.18. The molecule has 1 heterocycles. The van der Waals surface area contributed by atoms with Crippen molar-refractivity contribution >= 4 is 24.3 Å². The molecule has 2 fully saturated rings. The maximum atomic E-state index is 12.2. The lowest BCUT2D eigenvalue weighted by molar-refractivity contribution is -0.132. The second kappa shape index (κ2) is 12.4. The van der Waals surface area contributed by atoms with Crippen molar-refractivity contribution in [1.82, 2.24) is 15.5 Å². The molecular weight excluding hydrogens is 340 g/mol. The van der Waals surface area contributed by atoms with Crippen LogP contribution in [0, 0.1) is 0 Å². The molecule has 0 aromatic carbocycles.